The number of aromatic nitrogens is 2. The molecular weight excluding hydrogens is 238 g/mol. The van der Waals surface area contributed by atoms with Gasteiger partial charge in [0.25, 0.3) is 0 Å². The monoisotopic (exact) mass is 249 g/mol. The standard InChI is InChI=1S/C11H11N3O2S/c1-8-12-10(14(15)16)11(17)13(8)7-9-5-3-2-4-6-9/h2-6,17H,7H2,1H3. The predicted molar refractivity (Wildman–Crippen MR) is 66.4 cm³/mol. The van der Waals surface area contributed by atoms with Gasteiger partial charge in [0, 0.05) is 6.92 Å². The Morgan fingerprint density at radius 3 is 2.59 bits per heavy atom. The molecule has 88 valence electrons. The van der Waals surface area contributed by atoms with Gasteiger partial charge in [-0.05, 0) is 15.5 Å². The number of rotatable bonds is 3. The summed E-state index contributed by atoms with van der Waals surface area (Å²) in [6, 6.07) is 9.69. The smallest absolute Gasteiger partial charge is 0.358 e. The molecule has 0 saturated heterocycles. The van der Waals surface area contributed by atoms with Gasteiger partial charge < -0.3 is 10.1 Å². The first-order chi connectivity index (χ1) is 8.09. The number of thiol groups is 1. The van der Waals surface area contributed by atoms with Gasteiger partial charge in [0.1, 0.15) is 0 Å². The summed E-state index contributed by atoms with van der Waals surface area (Å²) < 4.78 is 1.72. The SMILES string of the molecule is Cc1nc([N+](=O)[O-])c(S)n1Cc1ccccc1. The summed E-state index contributed by atoms with van der Waals surface area (Å²) in [5.41, 5.74) is 1.05. The van der Waals surface area contributed by atoms with Gasteiger partial charge in [-0.1, -0.05) is 30.3 Å². The lowest BCUT2D eigenvalue weighted by Crippen LogP contribution is -2.02. The maximum Gasteiger partial charge on any atom is 0.395 e. The second-order valence-corrected chi connectivity index (χ2v) is 4.06. The molecule has 0 saturated carbocycles. The minimum atomic E-state index is -0.517. The molecule has 1 aromatic heterocycles. The van der Waals surface area contributed by atoms with Gasteiger partial charge in [-0.3, -0.25) is 4.57 Å². The lowest BCUT2D eigenvalue weighted by molar-refractivity contribution is -0.392. The van der Waals surface area contributed by atoms with Gasteiger partial charge >= 0.3 is 5.82 Å². The largest absolute Gasteiger partial charge is 0.395 e. The third-order valence-electron chi connectivity index (χ3n) is 2.47. The van der Waals surface area contributed by atoms with Crippen molar-refractivity contribution in [1.82, 2.24) is 9.55 Å². The van der Waals surface area contributed by atoms with Gasteiger partial charge in [0.05, 0.1) is 6.54 Å². The van der Waals surface area contributed by atoms with Crippen LogP contribution in [0.15, 0.2) is 35.4 Å². The number of benzene rings is 1. The zero-order valence-electron chi connectivity index (χ0n) is 9.20. The Kier molecular flexibility index (Phi) is 3.14. The summed E-state index contributed by atoms with van der Waals surface area (Å²) in [4.78, 5) is 14.1. The van der Waals surface area contributed by atoms with Crippen molar-refractivity contribution in [3.63, 3.8) is 0 Å². The van der Waals surface area contributed by atoms with Crippen LogP contribution in [0.25, 0.3) is 0 Å². The van der Waals surface area contributed by atoms with Crippen LogP contribution >= 0.6 is 12.6 Å². The number of hydrogen-bond donors (Lipinski definition) is 1. The minimum absolute atomic E-state index is 0.193. The molecule has 0 aliphatic heterocycles. The van der Waals surface area contributed by atoms with Crippen LogP contribution in [0.4, 0.5) is 5.82 Å². The Morgan fingerprint density at radius 1 is 1.41 bits per heavy atom. The highest BCUT2D eigenvalue weighted by atomic mass is 32.1. The summed E-state index contributed by atoms with van der Waals surface area (Å²) >= 11 is 4.16. The highest BCUT2D eigenvalue weighted by Crippen LogP contribution is 2.23. The molecule has 0 N–H and O–H groups in total. The summed E-state index contributed by atoms with van der Waals surface area (Å²) in [7, 11) is 0. The van der Waals surface area contributed by atoms with Crippen molar-refractivity contribution in [3.8, 4) is 0 Å². The normalized spacial score (nSPS) is 10.5. The molecule has 0 bridgehead atoms. The Labute approximate surface area is 104 Å². The second-order valence-electron chi connectivity index (χ2n) is 3.64. The van der Waals surface area contributed by atoms with E-state index in [9.17, 15) is 10.1 Å². The molecule has 0 aliphatic rings. The first-order valence-corrected chi connectivity index (χ1v) is 5.48. The zero-order chi connectivity index (χ0) is 12.4. The maximum atomic E-state index is 10.7. The molecular formula is C11H11N3O2S. The van der Waals surface area contributed by atoms with Crippen molar-refractivity contribution in [1.29, 1.82) is 0 Å². The van der Waals surface area contributed by atoms with E-state index in [1.807, 2.05) is 30.3 Å². The third-order valence-corrected chi connectivity index (χ3v) is 2.91. The van der Waals surface area contributed by atoms with Gasteiger partial charge in [0.2, 0.25) is 5.82 Å². The summed E-state index contributed by atoms with van der Waals surface area (Å²) in [6.07, 6.45) is 0. The van der Waals surface area contributed by atoms with Gasteiger partial charge in [-0.15, -0.1) is 12.6 Å². The van der Waals surface area contributed by atoms with E-state index in [0.717, 1.165) is 5.56 Å². The summed E-state index contributed by atoms with van der Waals surface area (Å²) in [6.45, 7) is 2.27. The fourth-order valence-electron chi connectivity index (χ4n) is 1.62. The Balaban J connectivity index is 2.37. The van der Waals surface area contributed by atoms with Crippen molar-refractivity contribution < 1.29 is 4.92 Å². The van der Waals surface area contributed by atoms with E-state index in [2.05, 4.69) is 17.6 Å². The molecule has 0 fully saturated rings. The van der Waals surface area contributed by atoms with Crippen LogP contribution in [0.5, 0.6) is 0 Å². The van der Waals surface area contributed by atoms with Crippen LogP contribution in [-0.4, -0.2) is 14.5 Å². The average Bonchev–Trinajstić information content (AvgIpc) is 2.58. The number of imidazole rings is 1. The van der Waals surface area contributed by atoms with Gasteiger partial charge in [-0.25, -0.2) is 0 Å². The Bertz CT molecular complexity index is 551. The van der Waals surface area contributed by atoms with Crippen LogP contribution < -0.4 is 0 Å². The molecule has 2 aromatic rings. The number of nitrogens with zero attached hydrogens (tertiary/aromatic N) is 3. The third kappa shape index (κ3) is 2.31. The van der Waals surface area contributed by atoms with Crippen molar-refractivity contribution in [3.05, 3.63) is 51.8 Å². The molecule has 2 rings (SSSR count). The van der Waals surface area contributed by atoms with E-state index in [1.54, 1.807) is 11.5 Å². The molecule has 0 radical (unpaired) electrons. The summed E-state index contributed by atoms with van der Waals surface area (Å²) in [5.74, 6) is 0.396. The fraction of sp³-hybridized carbons (Fsp3) is 0.182. The van der Waals surface area contributed by atoms with Crippen molar-refractivity contribution >= 4 is 18.4 Å². The van der Waals surface area contributed by atoms with E-state index in [4.69, 9.17) is 0 Å². The van der Waals surface area contributed by atoms with Crippen LogP contribution in [0.1, 0.15) is 11.4 Å². The van der Waals surface area contributed by atoms with Crippen molar-refractivity contribution in [2.24, 2.45) is 0 Å². The van der Waals surface area contributed by atoms with Gasteiger partial charge in [-0.2, -0.15) is 0 Å². The highest BCUT2D eigenvalue weighted by Gasteiger charge is 2.22. The van der Waals surface area contributed by atoms with E-state index >= 15 is 0 Å². The quantitative estimate of drug-likeness (QED) is 0.516. The Hall–Kier alpha value is -1.82. The van der Waals surface area contributed by atoms with Crippen LogP contribution in [0.3, 0.4) is 0 Å². The average molecular weight is 249 g/mol. The van der Waals surface area contributed by atoms with E-state index in [-0.39, 0.29) is 10.8 Å². The highest BCUT2D eigenvalue weighted by molar-refractivity contribution is 7.80. The van der Waals surface area contributed by atoms with E-state index in [1.165, 1.54) is 0 Å². The maximum absolute atomic E-state index is 10.7. The predicted octanol–water partition coefficient (Wildman–Crippen LogP) is 2.44. The zero-order valence-corrected chi connectivity index (χ0v) is 10.1. The summed E-state index contributed by atoms with van der Waals surface area (Å²) in [5, 5.41) is 11.0. The topological polar surface area (TPSA) is 61.0 Å². The minimum Gasteiger partial charge on any atom is -0.358 e. The molecule has 0 amide bonds. The lowest BCUT2D eigenvalue weighted by Gasteiger charge is -2.04. The van der Waals surface area contributed by atoms with E-state index < -0.39 is 4.92 Å². The molecule has 6 heteroatoms. The van der Waals surface area contributed by atoms with Crippen molar-refractivity contribution in [2.45, 2.75) is 18.5 Å². The first kappa shape index (κ1) is 11.7. The van der Waals surface area contributed by atoms with Gasteiger partial charge in [0.15, 0.2) is 5.03 Å². The molecule has 0 aliphatic carbocycles. The van der Waals surface area contributed by atoms with E-state index in [0.29, 0.717) is 12.4 Å². The fourth-order valence-corrected chi connectivity index (χ4v) is 1.96. The molecule has 1 aromatic carbocycles. The molecule has 0 atom stereocenters. The lowest BCUT2D eigenvalue weighted by atomic mass is 10.2. The molecule has 17 heavy (non-hydrogen) atoms. The molecule has 5 nitrogen and oxygen atoms in total. The number of nitro groups is 1. The molecule has 0 spiro atoms. The van der Waals surface area contributed by atoms with Crippen LogP contribution in [-0.2, 0) is 6.54 Å². The molecule has 1 heterocycles. The Morgan fingerprint density at radius 2 is 2.06 bits per heavy atom. The molecule has 0 unspecified atom stereocenters. The van der Waals surface area contributed by atoms with Crippen LogP contribution in [0, 0.1) is 17.0 Å². The second kappa shape index (κ2) is 4.58. The number of aryl methyl sites for hydroxylation is 1. The van der Waals surface area contributed by atoms with Crippen LogP contribution in [0.2, 0.25) is 0 Å². The number of hydrogen-bond acceptors (Lipinski definition) is 4. The van der Waals surface area contributed by atoms with Crippen molar-refractivity contribution in [2.75, 3.05) is 0 Å². The first-order valence-electron chi connectivity index (χ1n) is 5.04.